The maximum Gasteiger partial charge on any atom is 0.164 e. The fourth-order valence-corrected chi connectivity index (χ4v) is 2.29. The van der Waals surface area contributed by atoms with Crippen LogP contribution in [0.15, 0.2) is 18.3 Å². The van der Waals surface area contributed by atoms with Crippen molar-refractivity contribution in [2.24, 2.45) is 7.05 Å². The number of nitrogens with zero attached hydrogens (tertiary/aromatic N) is 1. The van der Waals surface area contributed by atoms with Crippen molar-refractivity contribution in [1.82, 2.24) is 4.57 Å². The second-order valence-electron chi connectivity index (χ2n) is 4.41. The van der Waals surface area contributed by atoms with Gasteiger partial charge in [-0.05, 0) is 37.1 Å². The fraction of sp³-hybridized carbons (Fsp3) is 0.357. The highest BCUT2D eigenvalue weighted by molar-refractivity contribution is 6.08. The van der Waals surface area contributed by atoms with E-state index in [9.17, 15) is 4.79 Å². The maximum absolute atomic E-state index is 11.9. The zero-order valence-corrected chi connectivity index (χ0v) is 10.3. The van der Waals surface area contributed by atoms with Gasteiger partial charge in [-0.25, -0.2) is 0 Å². The quantitative estimate of drug-likeness (QED) is 0.704. The molecule has 0 spiro atoms. The number of Topliss-reactive ketones (excluding diaryl/α,β-unsaturated/α-hetero) is 1. The van der Waals surface area contributed by atoms with Gasteiger partial charge in [0.1, 0.15) is 0 Å². The highest BCUT2D eigenvalue weighted by Crippen LogP contribution is 2.26. The zero-order valence-electron chi connectivity index (χ0n) is 10.3. The van der Waals surface area contributed by atoms with E-state index >= 15 is 0 Å². The van der Waals surface area contributed by atoms with Crippen molar-refractivity contribution >= 4 is 16.7 Å². The number of ketones is 1. The van der Waals surface area contributed by atoms with Crippen LogP contribution in [0.1, 0.15) is 34.8 Å². The first kappa shape index (κ1) is 10.9. The average molecular weight is 215 g/mol. The molecule has 0 aliphatic heterocycles. The van der Waals surface area contributed by atoms with E-state index in [-0.39, 0.29) is 5.78 Å². The van der Waals surface area contributed by atoms with E-state index in [1.54, 1.807) is 0 Å². The minimum Gasteiger partial charge on any atom is -0.350 e. The molecule has 1 aromatic heterocycles. The molecular weight excluding hydrogens is 198 g/mol. The van der Waals surface area contributed by atoms with E-state index in [0.717, 1.165) is 16.6 Å². The minimum atomic E-state index is 0.218. The Hall–Kier alpha value is -1.57. The van der Waals surface area contributed by atoms with E-state index in [2.05, 4.69) is 19.2 Å². The van der Waals surface area contributed by atoms with Crippen LogP contribution in [0.25, 0.3) is 10.9 Å². The van der Waals surface area contributed by atoms with E-state index in [1.807, 2.05) is 31.5 Å². The lowest BCUT2D eigenvalue weighted by Crippen LogP contribution is -2.01. The topological polar surface area (TPSA) is 22.0 Å². The number of hydrogen-bond acceptors (Lipinski definition) is 1. The van der Waals surface area contributed by atoms with Crippen molar-refractivity contribution in [3.8, 4) is 0 Å². The molecule has 2 heteroatoms. The Kier molecular flexibility index (Phi) is 2.58. The largest absolute Gasteiger partial charge is 0.350 e. The number of benzene rings is 1. The molecule has 0 fully saturated rings. The second kappa shape index (κ2) is 3.78. The summed E-state index contributed by atoms with van der Waals surface area (Å²) < 4.78 is 2.05. The molecule has 84 valence electrons. The second-order valence-corrected chi connectivity index (χ2v) is 4.41. The molecule has 2 rings (SSSR count). The normalized spacial score (nSPS) is 11.0. The molecule has 0 N–H and O–H groups in total. The molecule has 2 aromatic rings. The van der Waals surface area contributed by atoms with Gasteiger partial charge < -0.3 is 4.57 Å². The number of aryl methyl sites for hydroxylation is 3. The minimum absolute atomic E-state index is 0.218. The Labute approximate surface area is 95.9 Å². The van der Waals surface area contributed by atoms with Crippen molar-refractivity contribution in [2.75, 3.05) is 0 Å². The summed E-state index contributed by atoms with van der Waals surface area (Å²) in [5, 5.41) is 1.19. The van der Waals surface area contributed by atoms with Gasteiger partial charge in [0, 0.05) is 30.6 Å². The molecule has 0 saturated carbocycles. The number of carbonyl (C=O) groups excluding carboxylic acids is 1. The summed E-state index contributed by atoms with van der Waals surface area (Å²) in [5.74, 6) is 0.218. The number of fused-ring (bicyclic) bond motifs is 1. The zero-order chi connectivity index (χ0) is 11.9. The SMILES string of the molecule is CCC(=O)c1cc(C)cc2c(C)cn(C)c12. The maximum atomic E-state index is 11.9. The summed E-state index contributed by atoms with van der Waals surface area (Å²) in [5.41, 5.74) is 4.30. The summed E-state index contributed by atoms with van der Waals surface area (Å²) in [6, 6.07) is 4.14. The summed E-state index contributed by atoms with van der Waals surface area (Å²) >= 11 is 0. The molecule has 0 amide bonds. The first-order valence-electron chi connectivity index (χ1n) is 5.64. The first-order valence-corrected chi connectivity index (χ1v) is 5.64. The molecule has 0 bridgehead atoms. The van der Waals surface area contributed by atoms with Gasteiger partial charge in [-0.1, -0.05) is 6.92 Å². The Morgan fingerprint density at radius 1 is 1.31 bits per heavy atom. The van der Waals surface area contributed by atoms with Crippen LogP contribution in [-0.4, -0.2) is 10.4 Å². The van der Waals surface area contributed by atoms with Gasteiger partial charge in [-0.15, -0.1) is 0 Å². The van der Waals surface area contributed by atoms with Crippen LogP contribution in [-0.2, 0) is 7.05 Å². The van der Waals surface area contributed by atoms with E-state index in [4.69, 9.17) is 0 Å². The number of rotatable bonds is 2. The van der Waals surface area contributed by atoms with Crippen LogP contribution in [0.2, 0.25) is 0 Å². The highest BCUT2D eigenvalue weighted by atomic mass is 16.1. The van der Waals surface area contributed by atoms with Gasteiger partial charge in [0.2, 0.25) is 0 Å². The van der Waals surface area contributed by atoms with E-state index in [1.165, 1.54) is 10.9 Å². The van der Waals surface area contributed by atoms with E-state index < -0.39 is 0 Å². The molecule has 1 aromatic carbocycles. The van der Waals surface area contributed by atoms with Crippen molar-refractivity contribution in [3.05, 3.63) is 35.0 Å². The Bertz CT molecular complexity index is 564. The summed E-state index contributed by atoms with van der Waals surface area (Å²) in [7, 11) is 2.00. The monoisotopic (exact) mass is 215 g/mol. The number of hydrogen-bond donors (Lipinski definition) is 0. The van der Waals surface area contributed by atoms with Gasteiger partial charge in [-0.3, -0.25) is 4.79 Å². The van der Waals surface area contributed by atoms with Crippen LogP contribution in [0.4, 0.5) is 0 Å². The molecule has 0 atom stereocenters. The lowest BCUT2D eigenvalue weighted by atomic mass is 10.0. The third kappa shape index (κ3) is 1.54. The van der Waals surface area contributed by atoms with Gasteiger partial charge in [0.25, 0.3) is 0 Å². The molecule has 0 aliphatic carbocycles. The van der Waals surface area contributed by atoms with Gasteiger partial charge >= 0.3 is 0 Å². The third-order valence-corrected chi connectivity index (χ3v) is 3.04. The first-order chi connectivity index (χ1) is 7.54. The van der Waals surface area contributed by atoms with Crippen LogP contribution in [0.3, 0.4) is 0 Å². The molecule has 0 saturated heterocycles. The average Bonchev–Trinajstić information content (AvgIpc) is 2.52. The number of carbonyl (C=O) groups is 1. The van der Waals surface area contributed by atoms with Gasteiger partial charge in [-0.2, -0.15) is 0 Å². The Morgan fingerprint density at radius 3 is 2.62 bits per heavy atom. The molecular formula is C14H17NO. The van der Waals surface area contributed by atoms with Crippen LogP contribution in [0.5, 0.6) is 0 Å². The molecule has 0 aliphatic rings. The van der Waals surface area contributed by atoms with Crippen molar-refractivity contribution in [3.63, 3.8) is 0 Å². The molecule has 0 radical (unpaired) electrons. The molecule has 16 heavy (non-hydrogen) atoms. The lowest BCUT2D eigenvalue weighted by molar-refractivity contribution is 0.0989. The van der Waals surface area contributed by atoms with E-state index in [0.29, 0.717) is 6.42 Å². The lowest BCUT2D eigenvalue weighted by Gasteiger charge is -2.06. The summed E-state index contributed by atoms with van der Waals surface area (Å²) in [6.45, 7) is 6.03. The smallest absolute Gasteiger partial charge is 0.164 e. The van der Waals surface area contributed by atoms with Crippen molar-refractivity contribution in [1.29, 1.82) is 0 Å². The van der Waals surface area contributed by atoms with Crippen LogP contribution in [0, 0.1) is 13.8 Å². The fourth-order valence-electron chi connectivity index (χ4n) is 2.29. The molecule has 2 nitrogen and oxygen atoms in total. The van der Waals surface area contributed by atoms with Gasteiger partial charge in [0.05, 0.1) is 5.52 Å². The Balaban J connectivity index is 2.86. The van der Waals surface area contributed by atoms with Crippen molar-refractivity contribution in [2.45, 2.75) is 27.2 Å². The third-order valence-electron chi connectivity index (χ3n) is 3.04. The molecule has 0 unspecified atom stereocenters. The predicted molar refractivity (Wildman–Crippen MR) is 67.0 cm³/mol. The standard InChI is InChI=1S/C14H17NO/c1-5-13(16)12-7-9(2)6-11-10(3)8-15(4)14(11)12/h6-8H,5H2,1-4H3. The number of aromatic nitrogens is 1. The van der Waals surface area contributed by atoms with Gasteiger partial charge in [0.15, 0.2) is 5.78 Å². The van der Waals surface area contributed by atoms with Crippen LogP contribution >= 0.6 is 0 Å². The highest BCUT2D eigenvalue weighted by Gasteiger charge is 2.13. The summed E-state index contributed by atoms with van der Waals surface area (Å²) in [6.07, 6.45) is 2.64. The molecule has 1 heterocycles. The van der Waals surface area contributed by atoms with Crippen molar-refractivity contribution < 1.29 is 4.79 Å². The summed E-state index contributed by atoms with van der Waals surface area (Å²) in [4.78, 5) is 11.9. The predicted octanol–water partition coefficient (Wildman–Crippen LogP) is 3.39. The Morgan fingerprint density at radius 2 is 2.00 bits per heavy atom. The van der Waals surface area contributed by atoms with Crippen LogP contribution < -0.4 is 0 Å².